The molecule has 3 N–H and O–H groups in total. The molecule has 1 aliphatic rings. The number of anilines is 2. The van der Waals surface area contributed by atoms with Gasteiger partial charge in [-0.2, -0.15) is 4.98 Å². The van der Waals surface area contributed by atoms with Crippen LogP contribution in [0.1, 0.15) is 20.8 Å². The number of hydrogen-bond acceptors (Lipinski definition) is 6. The lowest BCUT2D eigenvalue weighted by Crippen LogP contribution is -2.51. The predicted molar refractivity (Wildman–Crippen MR) is 81.0 cm³/mol. The molecule has 7 heteroatoms. The minimum atomic E-state index is 0.182. The van der Waals surface area contributed by atoms with Gasteiger partial charge in [0.05, 0.1) is 12.2 Å². The topological polar surface area (TPSA) is 76.3 Å². The molecule has 1 aliphatic heterocycles. The van der Waals surface area contributed by atoms with E-state index in [9.17, 15) is 0 Å². The third kappa shape index (κ3) is 4.19. The summed E-state index contributed by atoms with van der Waals surface area (Å²) in [6, 6.07) is 2.05. The van der Waals surface area contributed by atoms with E-state index in [-0.39, 0.29) is 18.2 Å². The minimum Gasteiger partial charge on any atom is -0.373 e. The van der Waals surface area contributed by atoms with Gasteiger partial charge in [0.2, 0.25) is 5.95 Å². The van der Waals surface area contributed by atoms with Gasteiger partial charge in [-0.05, 0) is 20.8 Å². The number of morpholine rings is 1. The minimum absolute atomic E-state index is 0.182. The molecule has 0 unspecified atom stereocenters. The molecular formula is C13H22ClN5O. The van der Waals surface area contributed by atoms with E-state index >= 15 is 0 Å². The highest BCUT2D eigenvalue weighted by Gasteiger charge is 2.25. The monoisotopic (exact) mass is 299 g/mol. The van der Waals surface area contributed by atoms with Crippen molar-refractivity contribution < 1.29 is 4.74 Å². The van der Waals surface area contributed by atoms with Crippen LogP contribution in [0.3, 0.4) is 0 Å². The molecule has 0 radical (unpaired) electrons. The summed E-state index contributed by atoms with van der Waals surface area (Å²) in [5.74, 6) is 0.838. The molecule has 6 nitrogen and oxygen atoms in total. The molecule has 1 fully saturated rings. The quantitative estimate of drug-likeness (QED) is 0.823. The normalized spacial score (nSPS) is 25.4. The molecule has 1 aromatic rings. The zero-order valence-electron chi connectivity index (χ0n) is 12.1. The van der Waals surface area contributed by atoms with Crippen molar-refractivity contribution in [2.45, 2.75) is 39.0 Å². The van der Waals surface area contributed by atoms with Crippen molar-refractivity contribution >= 4 is 23.4 Å². The Balaban J connectivity index is 1.89. The zero-order valence-corrected chi connectivity index (χ0v) is 12.9. The fraction of sp³-hybridized carbons (Fsp3) is 0.692. The molecule has 0 spiro atoms. The molecule has 0 bridgehead atoms. The number of nitrogens with one attached hydrogen (secondary N) is 1. The first kappa shape index (κ1) is 15.3. The SMILES string of the molecule is C[C@@H]1CN([C@H](C)CNc2cc(Cl)nc(N)n2)C[C@@H](C)O1. The summed E-state index contributed by atoms with van der Waals surface area (Å²) in [5.41, 5.74) is 5.57. The van der Waals surface area contributed by atoms with Crippen molar-refractivity contribution in [2.75, 3.05) is 30.7 Å². The van der Waals surface area contributed by atoms with Crippen molar-refractivity contribution in [1.29, 1.82) is 0 Å². The maximum absolute atomic E-state index is 5.85. The molecule has 0 saturated carbocycles. The van der Waals surface area contributed by atoms with E-state index in [1.54, 1.807) is 6.07 Å². The van der Waals surface area contributed by atoms with Crippen LogP contribution in [-0.2, 0) is 4.74 Å². The number of rotatable bonds is 4. The Labute approximate surface area is 124 Å². The summed E-state index contributed by atoms with van der Waals surface area (Å²) >= 11 is 5.85. The Bertz CT molecular complexity index is 428. The van der Waals surface area contributed by atoms with E-state index in [2.05, 4.69) is 41.0 Å². The number of halogens is 1. The largest absolute Gasteiger partial charge is 0.373 e. The van der Waals surface area contributed by atoms with E-state index in [0.29, 0.717) is 17.0 Å². The van der Waals surface area contributed by atoms with Gasteiger partial charge in [0.15, 0.2) is 0 Å². The summed E-state index contributed by atoms with van der Waals surface area (Å²) in [5, 5.41) is 3.60. The molecule has 112 valence electrons. The van der Waals surface area contributed by atoms with Crippen molar-refractivity contribution in [3.8, 4) is 0 Å². The molecule has 3 atom stereocenters. The van der Waals surface area contributed by atoms with Crippen LogP contribution >= 0.6 is 11.6 Å². The summed E-state index contributed by atoms with van der Waals surface area (Å²) < 4.78 is 5.74. The van der Waals surface area contributed by atoms with Crippen molar-refractivity contribution in [3.05, 3.63) is 11.2 Å². The molecule has 0 aromatic carbocycles. The molecular weight excluding hydrogens is 278 g/mol. The summed E-state index contributed by atoms with van der Waals surface area (Å²) in [6.07, 6.45) is 0.538. The smallest absolute Gasteiger partial charge is 0.223 e. The average Bonchev–Trinajstić information content (AvgIpc) is 2.33. The van der Waals surface area contributed by atoms with Crippen LogP contribution in [0, 0.1) is 0 Å². The third-order valence-electron chi connectivity index (χ3n) is 3.36. The molecule has 2 heterocycles. The Hall–Kier alpha value is -1.11. The second-order valence-corrected chi connectivity index (χ2v) is 5.76. The highest BCUT2D eigenvalue weighted by atomic mass is 35.5. The van der Waals surface area contributed by atoms with Gasteiger partial charge in [-0.25, -0.2) is 4.98 Å². The van der Waals surface area contributed by atoms with Gasteiger partial charge in [-0.15, -0.1) is 0 Å². The lowest BCUT2D eigenvalue weighted by Gasteiger charge is -2.39. The Morgan fingerprint density at radius 1 is 1.45 bits per heavy atom. The highest BCUT2D eigenvalue weighted by Crippen LogP contribution is 2.15. The van der Waals surface area contributed by atoms with Gasteiger partial charge in [0.25, 0.3) is 0 Å². The second kappa shape index (κ2) is 6.56. The first-order valence-corrected chi connectivity index (χ1v) is 7.25. The summed E-state index contributed by atoms with van der Waals surface area (Å²) in [4.78, 5) is 10.4. The van der Waals surface area contributed by atoms with Gasteiger partial charge in [-0.1, -0.05) is 11.6 Å². The van der Waals surface area contributed by atoms with Crippen LogP contribution < -0.4 is 11.1 Å². The molecule has 20 heavy (non-hydrogen) atoms. The molecule has 0 aliphatic carbocycles. The number of nitrogen functional groups attached to an aromatic ring is 1. The standard InChI is InChI=1S/C13H22ClN5O/c1-8(19-6-9(2)20-10(3)7-19)5-16-12-4-11(14)17-13(15)18-12/h4,8-10H,5-7H2,1-3H3,(H3,15,16,17,18)/t8-,9-,10-/m1/s1. The van der Waals surface area contributed by atoms with Gasteiger partial charge < -0.3 is 15.8 Å². The predicted octanol–water partition coefficient (Wildman–Crippen LogP) is 1.62. The number of nitrogens with two attached hydrogens (primary N) is 1. The van der Waals surface area contributed by atoms with Crippen LogP contribution in [0.5, 0.6) is 0 Å². The van der Waals surface area contributed by atoms with E-state index in [0.717, 1.165) is 19.6 Å². The fourth-order valence-corrected chi connectivity index (χ4v) is 2.67. The number of aromatic nitrogens is 2. The first-order valence-electron chi connectivity index (χ1n) is 6.87. The van der Waals surface area contributed by atoms with Crippen molar-refractivity contribution in [1.82, 2.24) is 14.9 Å². The molecule has 1 saturated heterocycles. The maximum Gasteiger partial charge on any atom is 0.223 e. The Morgan fingerprint density at radius 2 is 2.10 bits per heavy atom. The second-order valence-electron chi connectivity index (χ2n) is 5.38. The Kier molecular flexibility index (Phi) is 5.01. The summed E-state index contributed by atoms with van der Waals surface area (Å²) in [7, 11) is 0. The van der Waals surface area contributed by atoms with Crippen LogP contribution in [0.4, 0.5) is 11.8 Å². The molecule has 0 amide bonds. The van der Waals surface area contributed by atoms with Crippen LogP contribution in [0.2, 0.25) is 5.15 Å². The number of hydrogen-bond donors (Lipinski definition) is 2. The lowest BCUT2D eigenvalue weighted by atomic mass is 10.2. The van der Waals surface area contributed by atoms with Crippen LogP contribution in [0.15, 0.2) is 6.07 Å². The van der Waals surface area contributed by atoms with Crippen molar-refractivity contribution in [3.63, 3.8) is 0 Å². The average molecular weight is 300 g/mol. The van der Waals surface area contributed by atoms with Crippen molar-refractivity contribution in [2.24, 2.45) is 0 Å². The van der Waals surface area contributed by atoms with Gasteiger partial charge in [-0.3, -0.25) is 4.90 Å². The number of ether oxygens (including phenoxy) is 1. The first-order chi connectivity index (χ1) is 9.44. The summed E-state index contributed by atoms with van der Waals surface area (Å²) in [6.45, 7) is 9.05. The van der Waals surface area contributed by atoms with E-state index in [1.165, 1.54) is 0 Å². The lowest BCUT2D eigenvalue weighted by molar-refractivity contribution is -0.0769. The van der Waals surface area contributed by atoms with Gasteiger partial charge >= 0.3 is 0 Å². The number of nitrogens with zero attached hydrogens (tertiary/aromatic N) is 3. The maximum atomic E-state index is 5.85. The van der Waals surface area contributed by atoms with E-state index < -0.39 is 0 Å². The van der Waals surface area contributed by atoms with E-state index in [4.69, 9.17) is 22.1 Å². The Morgan fingerprint density at radius 3 is 2.70 bits per heavy atom. The van der Waals surface area contributed by atoms with Gasteiger partial charge in [0, 0.05) is 31.7 Å². The third-order valence-corrected chi connectivity index (χ3v) is 3.56. The molecule has 1 aromatic heterocycles. The molecule has 2 rings (SSSR count). The fourth-order valence-electron chi connectivity index (χ4n) is 2.48. The highest BCUT2D eigenvalue weighted by molar-refractivity contribution is 6.29. The van der Waals surface area contributed by atoms with Crippen LogP contribution in [-0.4, -0.2) is 52.8 Å². The van der Waals surface area contributed by atoms with E-state index in [1.807, 2.05) is 0 Å². The zero-order chi connectivity index (χ0) is 14.7. The van der Waals surface area contributed by atoms with Gasteiger partial charge in [0.1, 0.15) is 11.0 Å². The van der Waals surface area contributed by atoms with Crippen LogP contribution in [0.25, 0.3) is 0 Å².